The van der Waals surface area contributed by atoms with E-state index in [1.807, 2.05) is 32.6 Å². The SMILES string of the molecule is CC.CC(C)C(=O)N1CCN(Sc2ccc(C(F)(F)F)cc2)CC1. The topological polar surface area (TPSA) is 23.6 Å². The molecule has 1 amide bonds. The highest BCUT2D eigenvalue weighted by atomic mass is 32.2. The van der Waals surface area contributed by atoms with Crippen molar-refractivity contribution in [3.8, 4) is 0 Å². The van der Waals surface area contributed by atoms with E-state index in [4.69, 9.17) is 0 Å². The van der Waals surface area contributed by atoms with Crippen molar-refractivity contribution in [2.24, 2.45) is 5.92 Å². The van der Waals surface area contributed by atoms with Crippen LogP contribution >= 0.6 is 11.9 Å². The Labute approximate surface area is 146 Å². The van der Waals surface area contributed by atoms with E-state index in [0.29, 0.717) is 26.2 Å². The number of piperazine rings is 1. The Morgan fingerprint density at radius 3 is 1.96 bits per heavy atom. The zero-order valence-corrected chi connectivity index (χ0v) is 15.4. The highest BCUT2D eigenvalue weighted by Crippen LogP contribution is 2.31. The highest BCUT2D eigenvalue weighted by Gasteiger charge is 2.30. The zero-order valence-electron chi connectivity index (χ0n) is 14.6. The first kappa shape index (κ1) is 20.8. The maximum Gasteiger partial charge on any atom is 0.416 e. The molecule has 1 aliphatic rings. The second-order valence-electron chi connectivity index (χ2n) is 5.52. The molecule has 0 atom stereocenters. The van der Waals surface area contributed by atoms with E-state index in [-0.39, 0.29) is 11.8 Å². The van der Waals surface area contributed by atoms with Crippen LogP contribution in [0, 0.1) is 5.92 Å². The Morgan fingerprint density at radius 2 is 1.54 bits per heavy atom. The Bertz CT molecular complexity index is 510. The molecule has 0 unspecified atom stereocenters. The Kier molecular flexibility index (Phi) is 8.09. The molecule has 1 aromatic rings. The van der Waals surface area contributed by atoms with Gasteiger partial charge in [-0.3, -0.25) is 4.79 Å². The quantitative estimate of drug-likeness (QED) is 0.738. The lowest BCUT2D eigenvalue weighted by molar-refractivity contribution is -0.137. The van der Waals surface area contributed by atoms with E-state index in [1.165, 1.54) is 24.1 Å². The maximum absolute atomic E-state index is 12.5. The lowest BCUT2D eigenvalue weighted by Crippen LogP contribution is -2.47. The molecule has 0 bridgehead atoms. The van der Waals surface area contributed by atoms with Crippen LogP contribution in [-0.2, 0) is 11.0 Å². The summed E-state index contributed by atoms with van der Waals surface area (Å²) in [4.78, 5) is 14.5. The molecule has 1 aliphatic heterocycles. The third-order valence-electron chi connectivity index (χ3n) is 3.46. The van der Waals surface area contributed by atoms with Crippen LogP contribution in [0.25, 0.3) is 0 Å². The van der Waals surface area contributed by atoms with Crippen molar-refractivity contribution in [2.75, 3.05) is 26.2 Å². The van der Waals surface area contributed by atoms with Gasteiger partial charge in [-0.2, -0.15) is 13.2 Å². The summed E-state index contributed by atoms with van der Waals surface area (Å²) in [6, 6.07) is 5.17. The van der Waals surface area contributed by atoms with Gasteiger partial charge in [-0.25, -0.2) is 4.31 Å². The Morgan fingerprint density at radius 1 is 1.04 bits per heavy atom. The van der Waals surface area contributed by atoms with Gasteiger partial charge in [0.2, 0.25) is 5.91 Å². The summed E-state index contributed by atoms with van der Waals surface area (Å²) in [5.74, 6) is 0.147. The first-order valence-corrected chi connectivity index (χ1v) is 8.93. The Hall–Kier alpha value is -1.21. The molecular weight excluding hydrogens is 337 g/mol. The normalized spacial score (nSPS) is 15.9. The summed E-state index contributed by atoms with van der Waals surface area (Å²) in [6.45, 7) is 10.5. The first-order valence-electron chi connectivity index (χ1n) is 8.16. The number of hydrogen-bond acceptors (Lipinski definition) is 3. The predicted octanol–water partition coefficient (Wildman–Crippen LogP) is 4.54. The molecule has 1 fully saturated rings. The molecule has 2 rings (SSSR count). The third kappa shape index (κ3) is 6.02. The van der Waals surface area contributed by atoms with Gasteiger partial charge in [0.15, 0.2) is 0 Å². The van der Waals surface area contributed by atoms with Crippen molar-refractivity contribution in [3.05, 3.63) is 29.8 Å². The average Bonchev–Trinajstić information content (AvgIpc) is 2.56. The third-order valence-corrected chi connectivity index (χ3v) is 4.57. The summed E-state index contributed by atoms with van der Waals surface area (Å²) in [7, 11) is 0. The van der Waals surface area contributed by atoms with Gasteiger partial charge < -0.3 is 4.90 Å². The number of amides is 1. The number of carbonyl (C=O) groups is 1. The highest BCUT2D eigenvalue weighted by molar-refractivity contribution is 7.97. The summed E-state index contributed by atoms with van der Waals surface area (Å²) >= 11 is 1.43. The van der Waals surface area contributed by atoms with Gasteiger partial charge >= 0.3 is 6.18 Å². The van der Waals surface area contributed by atoms with Gasteiger partial charge in [0.1, 0.15) is 0 Å². The van der Waals surface area contributed by atoms with Crippen molar-refractivity contribution in [3.63, 3.8) is 0 Å². The predicted molar refractivity (Wildman–Crippen MR) is 91.6 cm³/mol. The van der Waals surface area contributed by atoms with Gasteiger partial charge in [-0.1, -0.05) is 27.7 Å². The van der Waals surface area contributed by atoms with E-state index in [2.05, 4.69) is 4.31 Å². The molecule has 1 saturated heterocycles. The van der Waals surface area contributed by atoms with Crippen LogP contribution in [0.2, 0.25) is 0 Å². The van der Waals surface area contributed by atoms with Gasteiger partial charge in [-0.15, -0.1) is 0 Å². The molecule has 7 heteroatoms. The molecule has 0 saturated carbocycles. The monoisotopic (exact) mass is 362 g/mol. The largest absolute Gasteiger partial charge is 0.416 e. The van der Waals surface area contributed by atoms with Gasteiger partial charge in [0.05, 0.1) is 5.56 Å². The van der Waals surface area contributed by atoms with Crippen LogP contribution in [0.3, 0.4) is 0 Å². The first-order chi connectivity index (χ1) is 11.3. The molecule has 0 aromatic heterocycles. The molecule has 3 nitrogen and oxygen atoms in total. The van der Waals surface area contributed by atoms with E-state index in [0.717, 1.165) is 17.0 Å². The molecule has 0 aliphatic carbocycles. The number of nitrogens with zero attached hydrogens (tertiary/aromatic N) is 2. The van der Waals surface area contributed by atoms with Gasteiger partial charge in [0.25, 0.3) is 0 Å². The standard InChI is InChI=1S/C15H19F3N2OS.C2H6/c1-11(2)14(21)19-7-9-20(10-8-19)22-13-5-3-12(4-6-13)15(16,17)18;1-2/h3-6,11H,7-10H2,1-2H3;1-2H3. The summed E-state index contributed by atoms with van der Waals surface area (Å²) in [6.07, 6.45) is -4.30. The number of alkyl halides is 3. The van der Waals surface area contributed by atoms with Crippen molar-refractivity contribution in [1.29, 1.82) is 0 Å². The minimum absolute atomic E-state index is 0.00545. The fraction of sp³-hybridized carbons (Fsp3) is 0.588. The van der Waals surface area contributed by atoms with E-state index in [1.54, 1.807) is 0 Å². The van der Waals surface area contributed by atoms with E-state index in [9.17, 15) is 18.0 Å². The lowest BCUT2D eigenvalue weighted by Gasteiger charge is -2.34. The number of benzene rings is 1. The van der Waals surface area contributed by atoms with Gasteiger partial charge in [0, 0.05) is 37.0 Å². The average molecular weight is 362 g/mol. The van der Waals surface area contributed by atoms with E-state index >= 15 is 0 Å². The second-order valence-corrected chi connectivity index (χ2v) is 6.69. The number of hydrogen-bond donors (Lipinski definition) is 0. The molecule has 0 radical (unpaired) electrons. The van der Waals surface area contributed by atoms with Crippen molar-refractivity contribution < 1.29 is 18.0 Å². The molecule has 1 aromatic carbocycles. The molecule has 24 heavy (non-hydrogen) atoms. The van der Waals surface area contributed by atoms with Gasteiger partial charge in [-0.05, 0) is 36.2 Å². The van der Waals surface area contributed by atoms with Crippen molar-refractivity contribution >= 4 is 17.9 Å². The number of halogens is 3. The van der Waals surface area contributed by atoms with Crippen LogP contribution in [0.5, 0.6) is 0 Å². The molecule has 1 heterocycles. The van der Waals surface area contributed by atoms with Crippen LogP contribution in [0.1, 0.15) is 33.3 Å². The van der Waals surface area contributed by atoms with E-state index < -0.39 is 11.7 Å². The summed E-state index contributed by atoms with van der Waals surface area (Å²) < 4.78 is 39.6. The van der Waals surface area contributed by atoms with Crippen LogP contribution in [0.4, 0.5) is 13.2 Å². The minimum Gasteiger partial charge on any atom is -0.340 e. The molecular formula is C17H25F3N2OS. The summed E-state index contributed by atoms with van der Waals surface area (Å²) in [5, 5.41) is 0. The second kappa shape index (κ2) is 9.32. The maximum atomic E-state index is 12.5. The minimum atomic E-state index is -4.30. The number of rotatable bonds is 3. The van der Waals surface area contributed by atoms with Crippen LogP contribution in [0.15, 0.2) is 29.2 Å². The molecule has 0 spiro atoms. The molecule has 0 N–H and O–H groups in total. The fourth-order valence-electron chi connectivity index (χ4n) is 2.22. The fourth-order valence-corrected chi connectivity index (χ4v) is 3.12. The lowest BCUT2D eigenvalue weighted by atomic mass is 10.2. The van der Waals surface area contributed by atoms with Crippen molar-refractivity contribution in [1.82, 2.24) is 9.21 Å². The smallest absolute Gasteiger partial charge is 0.340 e. The van der Waals surface area contributed by atoms with Crippen LogP contribution in [-0.4, -0.2) is 41.3 Å². The van der Waals surface area contributed by atoms with Crippen LogP contribution < -0.4 is 0 Å². The molecule has 136 valence electrons. The van der Waals surface area contributed by atoms with Crippen molar-refractivity contribution in [2.45, 2.75) is 38.8 Å². The summed E-state index contributed by atoms with van der Waals surface area (Å²) in [5.41, 5.74) is -0.635. The zero-order chi connectivity index (χ0) is 18.3. The Balaban J connectivity index is 0.00000139. The number of carbonyl (C=O) groups excluding carboxylic acids is 1.